The van der Waals surface area contributed by atoms with E-state index < -0.39 is 0 Å². The maximum Gasteiger partial charge on any atom is 0.141 e. The van der Waals surface area contributed by atoms with Crippen LogP contribution in [0.1, 0.15) is 57.5 Å². The molecule has 0 spiro atoms. The van der Waals surface area contributed by atoms with Crippen LogP contribution in [0, 0.1) is 12.3 Å². The number of thiophene rings is 2. The molecular weight excluding hydrogens is 589 g/mol. The summed E-state index contributed by atoms with van der Waals surface area (Å²) < 4.78 is 9.01. The molecule has 0 amide bonds. The van der Waals surface area contributed by atoms with Gasteiger partial charge in [-0.3, -0.25) is 9.97 Å². The minimum atomic E-state index is 0.0599. The molecule has 0 radical (unpaired) electrons. The summed E-state index contributed by atoms with van der Waals surface area (Å²) in [4.78, 5) is 11.8. The summed E-state index contributed by atoms with van der Waals surface area (Å²) in [6.45, 7) is 15.7. The Morgan fingerprint density at radius 1 is 0.733 bits per heavy atom. The zero-order valence-corrected chi connectivity index (χ0v) is 28.6. The Bertz CT molecular complexity index is 2210. The van der Waals surface area contributed by atoms with Crippen LogP contribution < -0.4 is 4.74 Å². The van der Waals surface area contributed by atoms with Gasteiger partial charge in [0.1, 0.15) is 11.5 Å². The van der Waals surface area contributed by atoms with Crippen LogP contribution in [0.15, 0.2) is 91.3 Å². The summed E-state index contributed by atoms with van der Waals surface area (Å²) in [5, 5.41) is 5.13. The fourth-order valence-corrected chi connectivity index (χ4v) is 8.22. The zero-order valence-electron chi connectivity index (χ0n) is 27.0. The Morgan fingerprint density at radius 3 is 2.36 bits per heavy atom. The number of pyridine rings is 2. The minimum absolute atomic E-state index is 0.0599. The van der Waals surface area contributed by atoms with Crippen LogP contribution in [-0.2, 0) is 11.8 Å². The lowest BCUT2D eigenvalue weighted by molar-refractivity contribution is 0.411. The van der Waals surface area contributed by atoms with E-state index in [1.807, 2.05) is 35.9 Å². The molecular formula is C40H38N2OS2. The monoisotopic (exact) mass is 626 g/mol. The van der Waals surface area contributed by atoms with Crippen molar-refractivity contribution in [3.8, 4) is 33.3 Å². The highest BCUT2D eigenvalue weighted by Gasteiger charge is 2.18. The topological polar surface area (TPSA) is 35.0 Å². The lowest BCUT2D eigenvalue weighted by Gasteiger charge is -2.19. The van der Waals surface area contributed by atoms with Crippen molar-refractivity contribution in [1.82, 2.24) is 9.97 Å². The van der Waals surface area contributed by atoms with Crippen LogP contribution in [-0.4, -0.2) is 9.97 Å². The van der Waals surface area contributed by atoms with Gasteiger partial charge in [0.05, 0.1) is 21.0 Å². The predicted octanol–water partition coefficient (Wildman–Crippen LogP) is 12.4. The number of ether oxygens (including phenoxy) is 1. The van der Waals surface area contributed by atoms with Gasteiger partial charge in [0.2, 0.25) is 0 Å². The van der Waals surface area contributed by atoms with Gasteiger partial charge in [-0.05, 0) is 88.5 Å². The number of hydrogen-bond donors (Lipinski definition) is 0. The fourth-order valence-electron chi connectivity index (χ4n) is 5.98. The normalized spacial score (nSPS) is 12.4. The zero-order chi connectivity index (χ0) is 31.5. The van der Waals surface area contributed by atoms with Crippen LogP contribution in [0.2, 0.25) is 0 Å². The Labute approximate surface area is 273 Å². The van der Waals surface area contributed by atoms with Gasteiger partial charge in [-0.2, -0.15) is 0 Å². The van der Waals surface area contributed by atoms with Gasteiger partial charge in [-0.15, -0.1) is 22.7 Å². The molecule has 4 aromatic heterocycles. The maximum absolute atomic E-state index is 6.50. The van der Waals surface area contributed by atoms with Crippen molar-refractivity contribution in [3.63, 3.8) is 0 Å². The van der Waals surface area contributed by atoms with E-state index in [0.29, 0.717) is 0 Å². The summed E-state index contributed by atoms with van der Waals surface area (Å²) in [5.41, 5.74) is 5.99. The Hall–Kier alpha value is -4.06. The number of fused-ring (bicyclic) bond motifs is 4. The van der Waals surface area contributed by atoms with Crippen molar-refractivity contribution in [2.45, 2.75) is 60.3 Å². The van der Waals surface area contributed by atoms with E-state index in [1.54, 1.807) is 11.3 Å². The summed E-state index contributed by atoms with van der Waals surface area (Å²) in [5.74, 6) is 1.66. The van der Waals surface area contributed by atoms with Crippen molar-refractivity contribution < 1.29 is 4.74 Å². The highest BCUT2D eigenvalue weighted by Crippen LogP contribution is 2.45. The Morgan fingerprint density at radius 2 is 1.56 bits per heavy atom. The van der Waals surface area contributed by atoms with Crippen molar-refractivity contribution in [1.29, 1.82) is 0 Å². The lowest BCUT2D eigenvalue weighted by atomic mass is 9.87. The van der Waals surface area contributed by atoms with E-state index in [1.165, 1.54) is 42.1 Å². The van der Waals surface area contributed by atoms with Gasteiger partial charge in [0.25, 0.3) is 0 Å². The second kappa shape index (κ2) is 11.1. The van der Waals surface area contributed by atoms with Gasteiger partial charge >= 0.3 is 0 Å². The summed E-state index contributed by atoms with van der Waals surface area (Å²) in [6.07, 6.45) is 4.90. The molecule has 0 saturated heterocycles. The summed E-state index contributed by atoms with van der Waals surface area (Å²) in [7, 11) is 0. The first-order chi connectivity index (χ1) is 21.4. The maximum atomic E-state index is 6.50. The molecule has 3 aromatic carbocycles. The van der Waals surface area contributed by atoms with E-state index >= 15 is 0 Å². The fraction of sp³-hybridized carbons (Fsp3) is 0.250. The number of hydrogen-bond acceptors (Lipinski definition) is 5. The van der Waals surface area contributed by atoms with Gasteiger partial charge in [-0.25, -0.2) is 0 Å². The Balaban J connectivity index is 1.22. The van der Waals surface area contributed by atoms with Crippen LogP contribution in [0.5, 0.6) is 11.5 Å². The molecule has 7 aromatic rings. The average Bonchev–Trinajstić information content (AvgIpc) is 3.54. The van der Waals surface area contributed by atoms with Crippen molar-refractivity contribution in [2.24, 2.45) is 5.41 Å². The number of aromatic nitrogens is 2. The molecule has 7 rings (SSSR count). The number of nitrogens with zero attached hydrogens (tertiary/aromatic N) is 2. The molecule has 0 atom stereocenters. The first-order valence-corrected chi connectivity index (χ1v) is 17.1. The Kier molecular flexibility index (Phi) is 7.30. The minimum Gasteiger partial charge on any atom is -0.456 e. The van der Waals surface area contributed by atoms with E-state index in [4.69, 9.17) is 9.72 Å². The van der Waals surface area contributed by atoms with Crippen molar-refractivity contribution in [3.05, 3.63) is 107 Å². The van der Waals surface area contributed by atoms with Gasteiger partial charge in [-0.1, -0.05) is 71.9 Å². The molecule has 0 saturated carbocycles. The van der Waals surface area contributed by atoms with E-state index in [2.05, 4.69) is 120 Å². The van der Waals surface area contributed by atoms with E-state index in [0.717, 1.165) is 44.6 Å². The first kappa shape index (κ1) is 29.6. The number of benzene rings is 3. The van der Waals surface area contributed by atoms with Crippen LogP contribution in [0.3, 0.4) is 0 Å². The van der Waals surface area contributed by atoms with Gasteiger partial charge < -0.3 is 4.74 Å². The quantitative estimate of drug-likeness (QED) is 0.191. The van der Waals surface area contributed by atoms with E-state index in [9.17, 15) is 0 Å². The predicted molar refractivity (Wildman–Crippen MR) is 194 cm³/mol. The molecule has 0 aliphatic carbocycles. The standard InChI is InChI=1S/C40H38N2OS2/c1-24-34(43-30-10-8-9-27(18-30)33-21-29(13-15-41-33)40(5,6)7)22-36(44-24)37-38-31(14-16-42-37)32-19-26-12-11-25(23-39(2,3)4)17-28(26)20-35(32)45-38/h8-22H,23H2,1-7H3. The SMILES string of the molecule is Cc1sc(-c2nccc3c2sc2cc4cc(CC(C)(C)C)ccc4cc23)cc1Oc1cccc(-c2cc(C(C)(C)C)ccn2)c1. The van der Waals surface area contributed by atoms with Crippen LogP contribution in [0.4, 0.5) is 0 Å². The molecule has 4 heterocycles. The molecule has 0 unspecified atom stereocenters. The molecule has 226 valence electrons. The highest BCUT2D eigenvalue weighted by atomic mass is 32.1. The highest BCUT2D eigenvalue weighted by molar-refractivity contribution is 7.26. The number of aryl methyl sites for hydroxylation is 1. The van der Waals surface area contributed by atoms with Gasteiger partial charge in [0, 0.05) is 44.4 Å². The summed E-state index contributed by atoms with van der Waals surface area (Å²) in [6, 6.07) is 28.4. The summed E-state index contributed by atoms with van der Waals surface area (Å²) >= 11 is 3.57. The molecule has 0 aliphatic heterocycles. The third kappa shape index (κ3) is 5.99. The molecule has 0 aliphatic rings. The third-order valence-corrected chi connectivity index (χ3v) is 10.4. The molecule has 5 heteroatoms. The largest absolute Gasteiger partial charge is 0.456 e. The van der Waals surface area contributed by atoms with Crippen molar-refractivity contribution in [2.75, 3.05) is 0 Å². The molecule has 0 bridgehead atoms. The number of rotatable bonds is 5. The lowest BCUT2D eigenvalue weighted by Crippen LogP contribution is -2.11. The second-order valence-electron chi connectivity index (χ2n) is 14.2. The molecule has 0 N–H and O–H groups in total. The third-order valence-electron chi connectivity index (χ3n) is 8.23. The average molecular weight is 627 g/mol. The molecule has 0 fully saturated rings. The van der Waals surface area contributed by atoms with Crippen LogP contribution in [0.25, 0.3) is 52.8 Å². The first-order valence-electron chi connectivity index (χ1n) is 15.5. The smallest absolute Gasteiger partial charge is 0.141 e. The van der Waals surface area contributed by atoms with E-state index in [-0.39, 0.29) is 10.8 Å². The molecule has 45 heavy (non-hydrogen) atoms. The second-order valence-corrected chi connectivity index (χ2v) is 16.6. The van der Waals surface area contributed by atoms with Gasteiger partial charge in [0.15, 0.2) is 0 Å². The molecule has 3 nitrogen and oxygen atoms in total. The van der Waals surface area contributed by atoms with Crippen molar-refractivity contribution >= 4 is 53.6 Å². The van der Waals surface area contributed by atoms with Crippen LogP contribution >= 0.6 is 22.7 Å².